The van der Waals surface area contributed by atoms with Crippen LogP contribution >= 0.6 is 0 Å². The summed E-state index contributed by atoms with van der Waals surface area (Å²) in [5.74, 6) is 0.281. The lowest BCUT2D eigenvalue weighted by Gasteiger charge is -2.11. The molecule has 80 valence electrons. The Kier molecular flexibility index (Phi) is 2.07. The van der Waals surface area contributed by atoms with Crippen LogP contribution in [0.5, 0.6) is 0 Å². The molecule has 7 heteroatoms. The molecule has 1 aliphatic rings. The standard InChI is InChI=1S/C8H11N5O2/c1-4(14)10-7-5-2-13(8(9)15)3-6(5)11-12-7/h2-3H2,1H3,(H2,9,15)(H2,10,11,12,14). The van der Waals surface area contributed by atoms with Gasteiger partial charge in [0.25, 0.3) is 0 Å². The molecule has 0 radical (unpaired) electrons. The average molecular weight is 209 g/mol. The third kappa shape index (κ3) is 1.63. The maximum absolute atomic E-state index is 10.9. The topological polar surface area (TPSA) is 104 Å². The van der Waals surface area contributed by atoms with Gasteiger partial charge in [-0.2, -0.15) is 5.10 Å². The van der Waals surface area contributed by atoms with Gasteiger partial charge in [-0.15, -0.1) is 0 Å². The zero-order valence-electron chi connectivity index (χ0n) is 8.20. The zero-order chi connectivity index (χ0) is 11.0. The smallest absolute Gasteiger partial charge is 0.315 e. The molecule has 2 rings (SSSR count). The molecule has 0 saturated heterocycles. The molecule has 1 aromatic heterocycles. The molecule has 0 atom stereocenters. The zero-order valence-corrected chi connectivity index (χ0v) is 8.20. The fraction of sp³-hybridized carbons (Fsp3) is 0.375. The van der Waals surface area contributed by atoms with Crippen LogP contribution in [0.15, 0.2) is 0 Å². The number of H-pyrrole nitrogens is 1. The van der Waals surface area contributed by atoms with E-state index in [0.29, 0.717) is 18.9 Å². The second-order valence-corrected chi connectivity index (χ2v) is 3.40. The Morgan fingerprint density at radius 1 is 1.53 bits per heavy atom. The van der Waals surface area contributed by atoms with Crippen molar-refractivity contribution >= 4 is 17.8 Å². The van der Waals surface area contributed by atoms with Crippen molar-refractivity contribution in [1.29, 1.82) is 0 Å². The van der Waals surface area contributed by atoms with E-state index in [4.69, 9.17) is 5.73 Å². The lowest BCUT2D eigenvalue weighted by Crippen LogP contribution is -2.31. The van der Waals surface area contributed by atoms with Crippen LogP contribution in [-0.4, -0.2) is 27.0 Å². The predicted molar refractivity (Wildman–Crippen MR) is 51.7 cm³/mol. The number of fused-ring (bicyclic) bond motifs is 1. The highest BCUT2D eigenvalue weighted by atomic mass is 16.2. The Morgan fingerprint density at radius 3 is 2.87 bits per heavy atom. The fourth-order valence-electron chi connectivity index (χ4n) is 1.57. The molecule has 0 saturated carbocycles. The first-order valence-corrected chi connectivity index (χ1v) is 4.46. The monoisotopic (exact) mass is 209 g/mol. The van der Waals surface area contributed by atoms with Gasteiger partial charge in [0.15, 0.2) is 5.82 Å². The largest absolute Gasteiger partial charge is 0.351 e. The van der Waals surface area contributed by atoms with Crippen LogP contribution in [0.4, 0.5) is 10.6 Å². The third-order valence-corrected chi connectivity index (χ3v) is 2.26. The van der Waals surface area contributed by atoms with E-state index in [2.05, 4.69) is 15.5 Å². The number of urea groups is 1. The highest BCUT2D eigenvalue weighted by Crippen LogP contribution is 2.26. The first kappa shape index (κ1) is 9.50. The summed E-state index contributed by atoms with van der Waals surface area (Å²) in [6.07, 6.45) is 0. The number of nitrogens with one attached hydrogen (secondary N) is 2. The normalized spacial score (nSPS) is 13.8. The summed E-state index contributed by atoms with van der Waals surface area (Å²) >= 11 is 0. The molecule has 1 aliphatic heterocycles. The third-order valence-electron chi connectivity index (χ3n) is 2.26. The van der Waals surface area contributed by atoms with Crippen molar-refractivity contribution < 1.29 is 9.59 Å². The van der Waals surface area contributed by atoms with Crippen molar-refractivity contribution in [2.75, 3.05) is 5.32 Å². The van der Waals surface area contributed by atoms with Gasteiger partial charge in [-0.05, 0) is 0 Å². The summed E-state index contributed by atoms with van der Waals surface area (Å²) in [4.78, 5) is 23.3. The maximum Gasteiger partial charge on any atom is 0.315 e. The number of primary amides is 1. The summed E-state index contributed by atoms with van der Waals surface area (Å²) in [6, 6.07) is -0.478. The molecule has 0 aromatic carbocycles. The van der Waals surface area contributed by atoms with Crippen molar-refractivity contribution in [3.63, 3.8) is 0 Å². The maximum atomic E-state index is 10.9. The van der Waals surface area contributed by atoms with Crippen LogP contribution in [0.3, 0.4) is 0 Å². The highest BCUT2D eigenvalue weighted by Gasteiger charge is 2.27. The van der Waals surface area contributed by atoms with Gasteiger partial charge in [0.2, 0.25) is 5.91 Å². The molecule has 2 heterocycles. The average Bonchev–Trinajstić information content (AvgIpc) is 2.66. The number of carbonyl (C=O) groups excluding carboxylic acids is 2. The second kappa shape index (κ2) is 3.26. The molecule has 0 bridgehead atoms. The van der Waals surface area contributed by atoms with Gasteiger partial charge >= 0.3 is 6.03 Å². The summed E-state index contributed by atoms with van der Waals surface area (Å²) in [5, 5.41) is 9.28. The number of aromatic amines is 1. The number of carbonyl (C=O) groups is 2. The van der Waals surface area contributed by atoms with Gasteiger partial charge in [0.1, 0.15) is 0 Å². The number of hydrogen-bond acceptors (Lipinski definition) is 3. The Balaban J connectivity index is 2.21. The first-order valence-electron chi connectivity index (χ1n) is 4.46. The van der Waals surface area contributed by atoms with E-state index in [1.807, 2.05) is 0 Å². The minimum absolute atomic E-state index is 0.193. The van der Waals surface area contributed by atoms with E-state index >= 15 is 0 Å². The molecule has 0 unspecified atom stereocenters. The van der Waals surface area contributed by atoms with Gasteiger partial charge in [0, 0.05) is 12.5 Å². The number of aromatic nitrogens is 2. The van der Waals surface area contributed by atoms with Crippen LogP contribution < -0.4 is 11.1 Å². The van der Waals surface area contributed by atoms with E-state index in [9.17, 15) is 9.59 Å². The Labute approximate surface area is 85.6 Å². The molecule has 1 aromatic rings. The summed E-state index contributed by atoms with van der Waals surface area (Å²) < 4.78 is 0. The van der Waals surface area contributed by atoms with E-state index in [1.165, 1.54) is 11.8 Å². The van der Waals surface area contributed by atoms with Gasteiger partial charge in [-0.3, -0.25) is 9.89 Å². The van der Waals surface area contributed by atoms with E-state index in [1.54, 1.807) is 0 Å². The minimum Gasteiger partial charge on any atom is -0.351 e. The van der Waals surface area contributed by atoms with Crippen LogP contribution in [0.2, 0.25) is 0 Å². The number of anilines is 1. The van der Waals surface area contributed by atoms with Crippen molar-refractivity contribution in [2.24, 2.45) is 5.73 Å². The number of rotatable bonds is 1. The van der Waals surface area contributed by atoms with Crippen LogP contribution in [0.1, 0.15) is 18.2 Å². The van der Waals surface area contributed by atoms with E-state index in [-0.39, 0.29) is 5.91 Å². The van der Waals surface area contributed by atoms with Gasteiger partial charge < -0.3 is 16.0 Å². The molecular formula is C8H11N5O2. The van der Waals surface area contributed by atoms with Crippen LogP contribution in [0, 0.1) is 0 Å². The molecular weight excluding hydrogens is 198 g/mol. The molecule has 3 amide bonds. The van der Waals surface area contributed by atoms with E-state index < -0.39 is 6.03 Å². The van der Waals surface area contributed by atoms with Gasteiger partial charge in [-0.25, -0.2) is 4.79 Å². The van der Waals surface area contributed by atoms with Crippen molar-refractivity contribution in [2.45, 2.75) is 20.0 Å². The predicted octanol–water partition coefficient (Wildman–Crippen LogP) is -0.238. The van der Waals surface area contributed by atoms with Gasteiger partial charge in [0.05, 0.1) is 18.8 Å². The molecule has 4 N–H and O–H groups in total. The van der Waals surface area contributed by atoms with Crippen LogP contribution in [0.25, 0.3) is 0 Å². The summed E-state index contributed by atoms with van der Waals surface area (Å²) in [6.45, 7) is 2.20. The number of nitrogens with two attached hydrogens (primary N) is 1. The van der Waals surface area contributed by atoms with Crippen molar-refractivity contribution in [1.82, 2.24) is 15.1 Å². The Morgan fingerprint density at radius 2 is 2.27 bits per heavy atom. The Hall–Kier alpha value is -2.05. The fourth-order valence-corrected chi connectivity index (χ4v) is 1.57. The Bertz CT molecular complexity index is 425. The minimum atomic E-state index is -0.478. The lowest BCUT2D eigenvalue weighted by molar-refractivity contribution is -0.114. The molecule has 7 nitrogen and oxygen atoms in total. The molecule has 0 fully saturated rings. The quantitative estimate of drug-likeness (QED) is 0.594. The van der Waals surface area contributed by atoms with E-state index in [0.717, 1.165) is 11.3 Å². The van der Waals surface area contributed by atoms with Gasteiger partial charge in [-0.1, -0.05) is 0 Å². The second-order valence-electron chi connectivity index (χ2n) is 3.40. The summed E-state index contributed by atoms with van der Waals surface area (Å²) in [5.41, 5.74) is 6.79. The summed E-state index contributed by atoms with van der Waals surface area (Å²) in [7, 11) is 0. The number of nitrogens with zero attached hydrogens (tertiary/aromatic N) is 2. The highest BCUT2D eigenvalue weighted by molar-refractivity contribution is 5.88. The number of amides is 3. The van der Waals surface area contributed by atoms with Crippen LogP contribution in [-0.2, 0) is 17.9 Å². The van der Waals surface area contributed by atoms with Crippen molar-refractivity contribution in [3.05, 3.63) is 11.3 Å². The van der Waals surface area contributed by atoms with Crippen molar-refractivity contribution in [3.8, 4) is 0 Å². The lowest BCUT2D eigenvalue weighted by atomic mass is 10.3. The SMILES string of the molecule is CC(=O)Nc1n[nH]c2c1CN(C(N)=O)C2. The molecule has 0 aliphatic carbocycles. The number of hydrogen-bond donors (Lipinski definition) is 3. The molecule has 0 spiro atoms. The first-order chi connectivity index (χ1) is 7.08. The molecule has 15 heavy (non-hydrogen) atoms.